The summed E-state index contributed by atoms with van der Waals surface area (Å²) in [6, 6.07) is 13.8. The predicted molar refractivity (Wildman–Crippen MR) is 108 cm³/mol. The fourth-order valence-electron chi connectivity index (χ4n) is 4.10. The number of nitrogens with one attached hydrogen (secondary N) is 1. The molecule has 1 aromatic carbocycles. The van der Waals surface area contributed by atoms with Crippen LogP contribution < -0.4 is 5.32 Å². The molecular formula is C23H25N3O2. The van der Waals surface area contributed by atoms with Gasteiger partial charge in [0.1, 0.15) is 0 Å². The van der Waals surface area contributed by atoms with Gasteiger partial charge in [0, 0.05) is 44.0 Å². The number of pyridine rings is 1. The quantitative estimate of drug-likeness (QED) is 0.817. The van der Waals surface area contributed by atoms with Crippen molar-refractivity contribution in [1.29, 1.82) is 0 Å². The molecule has 2 amide bonds. The Kier molecular flexibility index (Phi) is 5.24. The van der Waals surface area contributed by atoms with Gasteiger partial charge in [0.05, 0.1) is 0 Å². The highest BCUT2D eigenvalue weighted by Gasteiger charge is 2.58. The summed E-state index contributed by atoms with van der Waals surface area (Å²) in [6.07, 6.45) is 9.62. The van der Waals surface area contributed by atoms with Crippen LogP contribution in [-0.2, 0) is 16.1 Å². The maximum absolute atomic E-state index is 12.5. The molecule has 2 aliphatic rings. The SMILES string of the molecule is O=C(NCc1ccccc1)C1CC12CCN(C(=O)/C=C/c1cccnc1)CC2. The van der Waals surface area contributed by atoms with Crippen LogP contribution in [0.3, 0.4) is 0 Å². The Bertz CT molecular complexity index is 856. The van der Waals surface area contributed by atoms with Crippen LogP contribution in [-0.4, -0.2) is 34.8 Å². The number of likely N-dealkylation sites (tertiary alicyclic amines) is 1. The summed E-state index contributed by atoms with van der Waals surface area (Å²) in [7, 11) is 0. The number of nitrogens with zero attached hydrogens (tertiary/aromatic N) is 2. The van der Waals surface area contributed by atoms with Crippen LogP contribution in [0.5, 0.6) is 0 Å². The molecule has 5 heteroatoms. The molecule has 1 N–H and O–H groups in total. The van der Waals surface area contributed by atoms with Crippen molar-refractivity contribution >= 4 is 17.9 Å². The number of rotatable bonds is 5. The first kappa shape index (κ1) is 18.4. The molecule has 28 heavy (non-hydrogen) atoms. The lowest BCUT2D eigenvalue weighted by Gasteiger charge is -2.32. The zero-order valence-corrected chi connectivity index (χ0v) is 15.9. The Morgan fingerprint density at radius 2 is 1.93 bits per heavy atom. The molecule has 1 saturated heterocycles. The van der Waals surface area contributed by atoms with Gasteiger partial charge in [-0.2, -0.15) is 0 Å². The number of amides is 2. The van der Waals surface area contributed by atoms with Crippen molar-refractivity contribution < 1.29 is 9.59 Å². The van der Waals surface area contributed by atoms with Crippen molar-refractivity contribution in [1.82, 2.24) is 15.2 Å². The zero-order valence-electron chi connectivity index (χ0n) is 15.9. The second kappa shape index (κ2) is 7.97. The van der Waals surface area contributed by atoms with Gasteiger partial charge in [-0.15, -0.1) is 0 Å². The molecule has 2 aromatic rings. The molecule has 1 aliphatic carbocycles. The van der Waals surface area contributed by atoms with Gasteiger partial charge >= 0.3 is 0 Å². The van der Waals surface area contributed by atoms with Crippen LogP contribution in [0, 0.1) is 11.3 Å². The number of piperidine rings is 1. The topological polar surface area (TPSA) is 62.3 Å². The first-order valence-corrected chi connectivity index (χ1v) is 9.85. The van der Waals surface area contributed by atoms with Crippen LogP contribution in [0.2, 0.25) is 0 Å². The van der Waals surface area contributed by atoms with Crippen LogP contribution in [0.1, 0.15) is 30.4 Å². The average molecular weight is 375 g/mol. The van der Waals surface area contributed by atoms with Crippen LogP contribution in [0.25, 0.3) is 6.08 Å². The Morgan fingerprint density at radius 3 is 2.64 bits per heavy atom. The van der Waals surface area contributed by atoms with Crippen LogP contribution >= 0.6 is 0 Å². The Labute approximate surface area is 165 Å². The molecule has 2 heterocycles. The van der Waals surface area contributed by atoms with E-state index in [2.05, 4.69) is 10.3 Å². The molecule has 4 rings (SSSR count). The number of hydrogen-bond donors (Lipinski definition) is 1. The lowest BCUT2D eigenvalue weighted by atomic mass is 9.90. The van der Waals surface area contributed by atoms with Gasteiger partial charge in [-0.05, 0) is 47.9 Å². The highest BCUT2D eigenvalue weighted by molar-refractivity contribution is 5.92. The summed E-state index contributed by atoms with van der Waals surface area (Å²) >= 11 is 0. The predicted octanol–water partition coefficient (Wildman–Crippen LogP) is 3.04. The second-order valence-corrected chi connectivity index (χ2v) is 7.77. The fraction of sp³-hybridized carbons (Fsp3) is 0.348. The van der Waals surface area contributed by atoms with Gasteiger partial charge in [0.25, 0.3) is 0 Å². The standard InChI is InChI=1S/C23H25N3O2/c27-21(9-8-19-7-4-12-24-16-19)26-13-10-23(11-14-26)15-20(23)22(28)25-17-18-5-2-1-3-6-18/h1-9,12,16,20H,10-11,13-15,17H2,(H,25,28)/b9-8+. The Morgan fingerprint density at radius 1 is 1.14 bits per heavy atom. The second-order valence-electron chi connectivity index (χ2n) is 7.77. The number of carbonyl (C=O) groups excluding carboxylic acids is 2. The van der Waals surface area contributed by atoms with Crippen molar-refractivity contribution in [2.45, 2.75) is 25.8 Å². The summed E-state index contributed by atoms with van der Waals surface area (Å²) in [5.74, 6) is 0.281. The van der Waals surface area contributed by atoms with E-state index in [0.717, 1.165) is 43.5 Å². The van der Waals surface area contributed by atoms with E-state index in [0.29, 0.717) is 6.54 Å². The van der Waals surface area contributed by atoms with Crippen molar-refractivity contribution in [2.75, 3.05) is 13.1 Å². The van der Waals surface area contributed by atoms with E-state index in [1.807, 2.05) is 47.4 Å². The summed E-state index contributed by atoms with van der Waals surface area (Å²) in [4.78, 5) is 30.9. The molecular weight excluding hydrogens is 350 g/mol. The molecule has 0 bridgehead atoms. The minimum Gasteiger partial charge on any atom is -0.352 e. The van der Waals surface area contributed by atoms with E-state index in [9.17, 15) is 9.59 Å². The number of carbonyl (C=O) groups is 2. The van der Waals surface area contributed by atoms with Gasteiger partial charge in [-0.3, -0.25) is 14.6 Å². The maximum atomic E-state index is 12.5. The van der Waals surface area contributed by atoms with Gasteiger partial charge in [-0.1, -0.05) is 36.4 Å². The van der Waals surface area contributed by atoms with Crippen molar-refractivity contribution in [2.24, 2.45) is 11.3 Å². The normalized spacial score (nSPS) is 20.3. The summed E-state index contributed by atoms with van der Waals surface area (Å²) < 4.78 is 0. The molecule has 1 aliphatic heterocycles. The lowest BCUT2D eigenvalue weighted by molar-refractivity contribution is -0.127. The van der Waals surface area contributed by atoms with Gasteiger partial charge in [0.2, 0.25) is 11.8 Å². The smallest absolute Gasteiger partial charge is 0.246 e. The van der Waals surface area contributed by atoms with Crippen molar-refractivity contribution in [3.05, 3.63) is 72.1 Å². The molecule has 5 nitrogen and oxygen atoms in total. The molecule has 1 saturated carbocycles. The van der Waals surface area contributed by atoms with E-state index >= 15 is 0 Å². The Hall–Kier alpha value is -2.95. The first-order valence-electron chi connectivity index (χ1n) is 9.85. The largest absolute Gasteiger partial charge is 0.352 e. The zero-order chi connectivity index (χ0) is 19.4. The van der Waals surface area contributed by atoms with E-state index < -0.39 is 0 Å². The monoisotopic (exact) mass is 375 g/mol. The molecule has 1 atom stereocenters. The molecule has 1 unspecified atom stereocenters. The molecule has 1 aromatic heterocycles. The third-order valence-electron chi connectivity index (χ3n) is 5.99. The molecule has 0 radical (unpaired) electrons. The van der Waals surface area contributed by atoms with Gasteiger partial charge < -0.3 is 10.2 Å². The first-order chi connectivity index (χ1) is 13.7. The van der Waals surface area contributed by atoms with Crippen molar-refractivity contribution in [3.63, 3.8) is 0 Å². The lowest BCUT2D eigenvalue weighted by Crippen LogP contribution is -2.39. The summed E-state index contributed by atoms with van der Waals surface area (Å²) in [5, 5.41) is 3.07. The van der Waals surface area contributed by atoms with E-state index in [1.54, 1.807) is 24.5 Å². The third-order valence-corrected chi connectivity index (χ3v) is 5.99. The molecule has 2 fully saturated rings. The average Bonchev–Trinajstić information content (AvgIpc) is 3.45. The highest BCUT2D eigenvalue weighted by atomic mass is 16.2. The van der Waals surface area contributed by atoms with Gasteiger partial charge in [0.15, 0.2) is 0 Å². The Balaban J connectivity index is 1.25. The fourth-order valence-corrected chi connectivity index (χ4v) is 4.10. The minimum atomic E-state index is 0.0319. The van der Waals surface area contributed by atoms with Gasteiger partial charge in [-0.25, -0.2) is 0 Å². The number of benzene rings is 1. The van der Waals surface area contributed by atoms with E-state index in [1.165, 1.54) is 0 Å². The van der Waals surface area contributed by atoms with Crippen molar-refractivity contribution in [3.8, 4) is 0 Å². The minimum absolute atomic E-state index is 0.0319. The third kappa shape index (κ3) is 4.14. The van der Waals surface area contributed by atoms with E-state index in [4.69, 9.17) is 0 Å². The van der Waals surface area contributed by atoms with Crippen LogP contribution in [0.4, 0.5) is 0 Å². The summed E-state index contributed by atoms with van der Waals surface area (Å²) in [6.45, 7) is 2.02. The number of hydrogen-bond acceptors (Lipinski definition) is 3. The van der Waals surface area contributed by atoms with Crippen LogP contribution in [0.15, 0.2) is 60.9 Å². The summed E-state index contributed by atoms with van der Waals surface area (Å²) in [5.41, 5.74) is 2.14. The highest BCUT2D eigenvalue weighted by Crippen LogP contribution is 2.59. The molecule has 1 spiro atoms. The number of aromatic nitrogens is 1. The molecule has 144 valence electrons. The maximum Gasteiger partial charge on any atom is 0.246 e. The van der Waals surface area contributed by atoms with E-state index in [-0.39, 0.29) is 23.1 Å².